The Morgan fingerprint density at radius 2 is 1.71 bits per heavy atom. The number of hydrogen-bond acceptors (Lipinski definition) is 3. The minimum absolute atomic E-state index is 0.00142. The molecule has 2 aromatic carbocycles. The lowest BCUT2D eigenvalue weighted by molar-refractivity contribution is -0.152. The third-order valence-electron chi connectivity index (χ3n) is 7.94. The number of carbonyl (C=O) groups is 1. The van der Waals surface area contributed by atoms with E-state index in [2.05, 4.69) is 11.8 Å². The van der Waals surface area contributed by atoms with E-state index in [9.17, 15) is 18.7 Å². The number of nitrogens with zero attached hydrogens (tertiary/aromatic N) is 2. The van der Waals surface area contributed by atoms with Crippen LogP contribution in [0.3, 0.4) is 0 Å². The Hall–Kier alpha value is -2.31. The van der Waals surface area contributed by atoms with Gasteiger partial charge >= 0.3 is 0 Å². The van der Waals surface area contributed by atoms with Gasteiger partial charge in [0.05, 0.1) is 11.5 Å². The average Bonchev–Trinajstić information content (AvgIpc) is 3.24. The zero-order chi connectivity index (χ0) is 24.5. The summed E-state index contributed by atoms with van der Waals surface area (Å²) in [4.78, 5) is 17.9. The number of unbranched alkanes of at least 4 members (excludes halogenated alkanes) is 1. The lowest BCUT2D eigenvalue weighted by Gasteiger charge is -2.48. The van der Waals surface area contributed by atoms with Crippen LogP contribution in [-0.4, -0.2) is 53.5 Å². The van der Waals surface area contributed by atoms with Gasteiger partial charge in [-0.1, -0.05) is 63.6 Å². The van der Waals surface area contributed by atoms with E-state index >= 15 is 0 Å². The molecule has 0 aliphatic carbocycles. The van der Waals surface area contributed by atoms with Gasteiger partial charge in [0.2, 0.25) is 5.91 Å². The van der Waals surface area contributed by atoms with E-state index in [1.54, 1.807) is 0 Å². The molecular formula is C28H36F2N2O2. The van der Waals surface area contributed by atoms with E-state index in [1.807, 2.05) is 49.1 Å². The number of hydrogen-bond donors (Lipinski definition) is 1. The van der Waals surface area contributed by atoms with Crippen LogP contribution < -0.4 is 0 Å². The molecule has 2 aliphatic heterocycles. The van der Waals surface area contributed by atoms with Crippen LogP contribution in [-0.2, 0) is 10.4 Å². The summed E-state index contributed by atoms with van der Waals surface area (Å²) >= 11 is 0. The first kappa shape index (κ1) is 24.8. The van der Waals surface area contributed by atoms with Gasteiger partial charge in [-0.05, 0) is 30.2 Å². The molecule has 34 heavy (non-hydrogen) atoms. The Balaban J connectivity index is 1.57. The Morgan fingerprint density at radius 1 is 1.03 bits per heavy atom. The molecule has 2 aromatic rings. The van der Waals surface area contributed by atoms with Crippen LogP contribution in [0.25, 0.3) is 0 Å². The Kier molecular flexibility index (Phi) is 7.39. The topological polar surface area (TPSA) is 43.8 Å². The number of amides is 1. The fourth-order valence-electron chi connectivity index (χ4n) is 6.01. The van der Waals surface area contributed by atoms with Crippen molar-refractivity contribution in [2.75, 3.05) is 32.7 Å². The fraction of sp³-hybridized carbons (Fsp3) is 0.536. The third-order valence-corrected chi connectivity index (χ3v) is 7.94. The van der Waals surface area contributed by atoms with E-state index in [-0.39, 0.29) is 29.6 Å². The van der Waals surface area contributed by atoms with Crippen LogP contribution in [0.15, 0.2) is 48.5 Å². The molecular weight excluding hydrogens is 434 g/mol. The van der Waals surface area contributed by atoms with Crippen LogP contribution in [0.5, 0.6) is 0 Å². The van der Waals surface area contributed by atoms with E-state index in [0.29, 0.717) is 31.7 Å². The molecule has 2 heterocycles. The first-order chi connectivity index (χ1) is 16.3. The smallest absolute Gasteiger partial charge is 0.227 e. The van der Waals surface area contributed by atoms with Gasteiger partial charge in [0.25, 0.3) is 0 Å². The van der Waals surface area contributed by atoms with Crippen molar-refractivity contribution < 1.29 is 18.7 Å². The molecule has 4 rings (SSSR count). The largest absolute Gasteiger partial charge is 0.384 e. The van der Waals surface area contributed by atoms with Gasteiger partial charge < -0.3 is 14.9 Å². The number of rotatable bonds is 6. The molecule has 4 nitrogen and oxygen atoms in total. The van der Waals surface area contributed by atoms with Crippen molar-refractivity contribution >= 4 is 5.91 Å². The minimum Gasteiger partial charge on any atom is -0.384 e. The molecule has 1 N–H and O–H groups in total. The Bertz CT molecular complexity index is 987. The van der Waals surface area contributed by atoms with Crippen LogP contribution in [0.1, 0.15) is 50.7 Å². The minimum atomic E-state index is -1.01. The molecule has 0 bridgehead atoms. The highest BCUT2D eigenvalue weighted by molar-refractivity contribution is 5.81. The fourth-order valence-corrected chi connectivity index (χ4v) is 6.01. The van der Waals surface area contributed by atoms with E-state index in [0.717, 1.165) is 31.0 Å². The van der Waals surface area contributed by atoms with E-state index < -0.39 is 17.2 Å². The summed E-state index contributed by atoms with van der Waals surface area (Å²) in [6.07, 6.45) is 2.06. The normalized spacial score (nSPS) is 30.0. The number of likely N-dealkylation sites (tertiary alicyclic amines) is 2. The predicted molar refractivity (Wildman–Crippen MR) is 129 cm³/mol. The van der Waals surface area contributed by atoms with Gasteiger partial charge in [0.15, 0.2) is 0 Å². The lowest BCUT2D eigenvalue weighted by Crippen LogP contribution is -2.57. The predicted octanol–water partition coefficient (Wildman–Crippen LogP) is 4.78. The van der Waals surface area contributed by atoms with E-state index in [1.165, 1.54) is 12.1 Å². The number of benzene rings is 2. The summed E-state index contributed by atoms with van der Waals surface area (Å²) in [6, 6.07) is 13.4. The molecule has 184 valence electrons. The van der Waals surface area contributed by atoms with Crippen molar-refractivity contribution in [2.24, 2.45) is 17.8 Å². The maximum Gasteiger partial charge on any atom is 0.227 e. The Labute approximate surface area is 201 Å². The summed E-state index contributed by atoms with van der Waals surface area (Å²) in [7, 11) is 0. The first-order valence-corrected chi connectivity index (χ1v) is 12.5. The molecule has 2 fully saturated rings. The number of halogens is 2. The van der Waals surface area contributed by atoms with Gasteiger partial charge in [0.1, 0.15) is 11.6 Å². The first-order valence-electron chi connectivity index (χ1n) is 12.5. The second kappa shape index (κ2) is 10.1. The summed E-state index contributed by atoms with van der Waals surface area (Å²) in [6.45, 7) is 9.01. The number of aliphatic hydroxyl groups is 1. The molecule has 1 amide bonds. The Morgan fingerprint density at radius 3 is 2.32 bits per heavy atom. The summed E-state index contributed by atoms with van der Waals surface area (Å²) in [5.74, 6) is -2.20. The second-order valence-corrected chi connectivity index (χ2v) is 10.2. The lowest BCUT2D eigenvalue weighted by atomic mass is 9.70. The molecule has 2 saturated heterocycles. The highest BCUT2D eigenvalue weighted by atomic mass is 19.1. The number of carbonyl (C=O) groups excluding carboxylic acids is 1. The van der Waals surface area contributed by atoms with Crippen LogP contribution in [0.4, 0.5) is 8.78 Å². The van der Waals surface area contributed by atoms with Crippen molar-refractivity contribution in [1.82, 2.24) is 9.80 Å². The van der Waals surface area contributed by atoms with Gasteiger partial charge in [-0.3, -0.25) is 4.79 Å². The monoisotopic (exact) mass is 470 g/mol. The third kappa shape index (κ3) is 4.63. The van der Waals surface area contributed by atoms with E-state index in [4.69, 9.17) is 0 Å². The van der Waals surface area contributed by atoms with Gasteiger partial charge in [-0.25, -0.2) is 8.78 Å². The standard InChI is InChI=1S/C28H36F2N2O2/c1-4-5-13-31-17-24(23-12-11-22(29)14-26(23)30)25(18-31)27(33)32-15-19(2)28(34,20(3)16-32)21-9-7-6-8-10-21/h6-12,14,19-20,24-25,34H,4-5,13,15-18H2,1-3H3/t19-,20+,24-,25+,28?/m0/s1. The molecule has 2 aliphatic rings. The van der Waals surface area contributed by atoms with Gasteiger partial charge in [-0.2, -0.15) is 0 Å². The van der Waals surface area contributed by atoms with Gasteiger partial charge in [-0.15, -0.1) is 0 Å². The van der Waals surface area contributed by atoms with Crippen LogP contribution in [0, 0.1) is 29.4 Å². The SMILES string of the molecule is CCCCN1C[C@@H](C(=O)N2C[C@@H](C)C(O)(c3ccccc3)[C@@H](C)C2)[C@H](c2ccc(F)cc2F)C1. The summed E-state index contributed by atoms with van der Waals surface area (Å²) in [5.41, 5.74) is 0.279. The number of piperidine rings is 1. The van der Waals surface area contributed by atoms with Crippen LogP contribution in [0.2, 0.25) is 0 Å². The summed E-state index contributed by atoms with van der Waals surface area (Å²) in [5, 5.41) is 11.6. The second-order valence-electron chi connectivity index (χ2n) is 10.2. The molecule has 5 atom stereocenters. The summed E-state index contributed by atoms with van der Waals surface area (Å²) < 4.78 is 28.3. The maximum absolute atomic E-state index is 14.8. The van der Waals surface area contributed by atoms with Crippen molar-refractivity contribution in [2.45, 2.75) is 45.1 Å². The quantitative estimate of drug-likeness (QED) is 0.661. The highest BCUT2D eigenvalue weighted by Crippen LogP contribution is 2.43. The van der Waals surface area contributed by atoms with Crippen molar-refractivity contribution in [3.8, 4) is 0 Å². The van der Waals surface area contributed by atoms with Gasteiger partial charge in [0, 0.05) is 50.0 Å². The van der Waals surface area contributed by atoms with Crippen LogP contribution >= 0.6 is 0 Å². The molecule has 0 radical (unpaired) electrons. The average molecular weight is 471 g/mol. The molecule has 6 heteroatoms. The molecule has 0 aromatic heterocycles. The molecule has 0 saturated carbocycles. The highest BCUT2D eigenvalue weighted by Gasteiger charge is 2.49. The zero-order valence-electron chi connectivity index (χ0n) is 20.4. The van der Waals surface area contributed by atoms with Crippen molar-refractivity contribution in [3.63, 3.8) is 0 Å². The van der Waals surface area contributed by atoms with Crippen molar-refractivity contribution in [3.05, 3.63) is 71.3 Å². The maximum atomic E-state index is 14.8. The van der Waals surface area contributed by atoms with Crippen molar-refractivity contribution in [1.29, 1.82) is 0 Å². The molecule has 1 unspecified atom stereocenters. The zero-order valence-corrected chi connectivity index (χ0v) is 20.4. The molecule has 0 spiro atoms.